The molecule has 3 aromatic rings. The summed E-state index contributed by atoms with van der Waals surface area (Å²) in [6.45, 7) is 1.98. The van der Waals surface area contributed by atoms with E-state index >= 15 is 0 Å². The second-order valence-electron chi connectivity index (χ2n) is 5.69. The molecular weight excluding hydrogens is 378 g/mol. The van der Waals surface area contributed by atoms with Gasteiger partial charge in [0, 0.05) is 11.6 Å². The molecule has 134 valence electrons. The maximum atomic E-state index is 14.2. The van der Waals surface area contributed by atoms with Gasteiger partial charge in [0.1, 0.15) is 22.8 Å². The summed E-state index contributed by atoms with van der Waals surface area (Å²) in [5.41, 5.74) is 1.30. The van der Waals surface area contributed by atoms with Gasteiger partial charge in [0.15, 0.2) is 0 Å². The highest BCUT2D eigenvalue weighted by atomic mass is 35.5. The van der Waals surface area contributed by atoms with E-state index < -0.39 is 11.7 Å². The number of nitrogens with zero attached hydrogens (tertiary/aromatic N) is 1. The van der Waals surface area contributed by atoms with Gasteiger partial charge in [0.25, 0.3) is 5.91 Å². The lowest BCUT2D eigenvalue weighted by Crippen LogP contribution is -2.26. The van der Waals surface area contributed by atoms with Crippen LogP contribution in [0.4, 0.5) is 4.39 Å². The summed E-state index contributed by atoms with van der Waals surface area (Å²) in [6.07, 6.45) is 0.604. The van der Waals surface area contributed by atoms with Crippen LogP contribution in [0.3, 0.4) is 0 Å². The summed E-state index contributed by atoms with van der Waals surface area (Å²) < 4.78 is 19.3. The van der Waals surface area contributed by atoms with Crippen LogP contribution in [0.2, 0.25) is 10.0 Å². The first kappa shape index (κ1) is 18.4. The Bertz CT molecular complexity index is 936. The summed E-state index contributed by atoms with van der Waals surface area (Å²) in [4.78, 5) is 12.6. The van der Waals surface area contributed by atoms with Crippen LogP contribution >= 0.6 is 23.2 Å². The van der Waals surface area contributed by atoms with E-state index in [-0.39, 0.29) is 21.8 Å². The zero-order chi connectivity index (χ0) is 18.7. The molecule has 1 heterocycles. The van der Waals surface area contributed by atoms with Crippen LogP contribution < -0.4 is 5.32 Å². The molecule has 1 aromatic heterocycles. The molecule has 26 heavy (non-hydrogen) atoms. The molecule has 4 nitrogen and oxygen atoms in total. The molecule has 2 aromatic carbocycles. The molecule has 0 aliphatic rings. The van der Waals surface area contributed by atoms with Gasteiger partial charge in [-0.2, -0.15) is 0 Å². The molecule has 1 N–H and O–H groups in total. The van der Waals surface area contributed by atoms with Gasteiger partial charge in [0.2, 0.25) is 0 Å². The normalized spacial score (nSPS) is 10.8. The molecule has 0 unspecified atom stereocenters. The number of carbonyl (C=O) groups is 1. The van der Waals surface area contributed by atoms with E-state index in [4.69, 9.17) is 27.7 Å². The topological polar surface area (TPSA) is 55.1 Å². The third kappa shape index (κ3) is 3.89. The van der Waals surface area contributed by atoms with Crippen LogP contribution in [0.25, 0.3) is 11.3 Å². The number of amides is 1. The predicted octanol–water partition coefficient (Wildman–Crippen LogP) is 5.07. The second kappa shape index (κ2) is 7.89. The molecule has 0 saturated carbocycles. The van der Waals surface area contributed by atoms with E-state index in [0.717, 1.165) is 5.56 Å². The fourth-order valence-corrected chi connectivity index (χ4v) is 3.10. The Morgan fingerprint density at radius 3 is 2.73 bits per heavy atom. The lowest BCUT2D eigenvalue weighted by molar-refractivity contribution is 0.0953. The van der Waals surface area contributed by atoms with Crippen molar-refractivity contribution in [1.82, 2.24) is 10.5 Å². The maximum absolute atomic E-state index is 14.2. The molecular formula is C19H15Cl2FN2O2. The molecule has 1 amide bonds. The second-order valence-corrected chi connectivity index (χ2v) is 6.54. The van der Waals surface area contributed by atoms with E-state index in [1.807, 2.05) is 18.2 Å². The Morgan fingerprint density at radius 1 is 1.23 bits per heavy atom. The summed E-state index contributed by atoms with van der Waals surface area (Å²) in [5, 5.41) is 7.42. The Kier molecular flexibility index (Phi) is 5.59. The number of aromatic nitrogens is 1. The van der Waals surface area contributed by atoms with Crippen LogP contribution in [0.5, 0.6) is 0 Å². The first-order chi connectivity index (χ1) is 12.5. The predicted molar refractivity (Wildman–Crippen MR) is 99.1 cm³/mol. The minimum atomic E-state index is -0.571. The number of carbonyl (C=O) groups excluding carboxylic acids is 1. The molecule has 0 aliphatic carbocycles. The molecule has 0 saturated heterocycles. The highest BCUT2D eigenvalue weighted by Gasteiger charge is 2.25. The van der Waals surface area contributed by atoms with Gasteiger partial charge in [-0.3, -0.25) is 4.79 Å². The van der Waals surface area contributed by atoms with Crippen LogP contribution in [0.15, 0.2) is 47.0 Å². The van der Waals surface area contributed by atoms with Gasteiger partial charge in [-0.25, -0.2) is 4.39 Å². The number of hydrogen-bond acceptors (Lipinski definition) is 3. The molecule has 0 fully saturated rings. The zero-order valence-corrected chi connectivity index (χ0v) is 15.4. The molecule has 0 atom stereocenters. The maximum Gasteiger partial charge on any atom is 0.257 e. The molecule has 0 aliphatic heterocycles. The van der Waals surface area contributed by atoms with Gasteiger partial charge >= 0.3 is 0 Å². The Labute approximate surface area is 159 Å². The summed E-state index contributed by atoms with van der Waals surface area (Å²) >= 11 is 12.0. The van der Waals surface area contributed by atoms with Crippen LogP contribution in [-0.4, -0.2) is 17.6 Å². The summed E-state index contributed by atoms with van der Waals surface area (Å²) in [7, 11) is 0. The van der Waals surface area contributed by atoms with E-state index in [9.17, 15) is 9.18 Å². The third-order valence-electron chi connectivity index (χ3n) is 3.88. The number of rotatable bonds is 5. The SMILES string of the molecule is Cc1onc(-c2c(F)cccc2Cl)c1C(=O)NCCc1cccc(Cl)c1. The average molecular weight is 393 g/mol. The van der Waals surface area contributed by atoms with Crippen molar-refractivity contribution in [1.29, 1.82) is 0 Å². The number of aryl methyl sites for hydroxylation is 1. The van der Waals surface area contributed by atoms with E-state index in [1.54, 1.807) is 13.0 Å². The molecule has 0 radical (unpaired) electrons. The Balaban J connectivity index is 1.79. The first-order valence-electron chi connectivity index (χ1n) is 7.90. The highest BCUT2D eigenvalue weighted by Crippen LogP contribution is 2.33. The third-order valence-corrected chi connectivity index (χ3v) is 4.43. The van der Waals surface area contributed by atoms with Crippen LogP contribution in [0.1, 0.15) is 21.7 Å². The zero-order valence-electron chi connectivity index (χ0n) is 13.9. The van der Waals surface area contributed by atoms with Crippen molar-refractivity contribution in [2.45, 2.75) is 13.3 Å². The monoisotopic (exact) mass is 392 g/mol. The number of benzene rings is 2. The Morgan fingerprint density at radius 2 is 2.00 bits per heavy atom. The molecule has 7 heteroatoms. The van der Waals surface area contributed by atoms with Crippen molar-refractivity contribution in [2.24, 2.45) is 0 Å². The molecule has 0 bridgehead atoms. The highest BCUT2D eigenvalue weighted by molar-refractivity contribution is 6.33. The largest absolute Gasteiger partial charge is 0.360 e. The van der Waals surface area contributed by atoms with E-state index in [2.05, 4.69) is 10.5 Å². The minimum Gasteiger partial charge on any atom is -0.360 e. The van der Waals surface area contributed by atoms with Crippen molar-refractivity contribution in [2.75, 3.05) is 6.54 Å². The van der Waals surface area contributed by atoms with Crippen molar-refractivity contribution in [3.8, 4) is 11.3 Å². The smallest absolute Gasteiger partial charge is 0.257 e. The summed E-state index contributed by atoms with van der Waals surface area (Å²) in [6, 6.07) is 11.7. The van der Waals surface area contributed by atoms with E-state index in [1.165, 1.54) is 18.2 Å². The van der Waals surface area contributed by atoms with Gasteiger partial charge < -0.3 is 9.84 Å². The molecule has 3 rings (SSSR count). The average Bonchev–Trinajstić information content (AvgIpc) is 2.96. The fourth-order valence-electron chi connectivity index (χ4n) is 2.64. The van der Waals surface area contributed by atoms with E-state index in [0.29, 0.717) is 23.7 Å². The quantitative estimate of drug-likeness (QED) is 0.659. The summed E-state index contributed by atoms with van der Waals surface area (Å²) in [5.74, 6) is -0.682. The number of halogens is 3. The van der Waals surface area contributed by atoms with Crippen molar-refractivity contribution < 1.29 is 13.7 Å². The molecule has 0 spiro atoms. The van der Waals surface area contributed by atoms with Crippen LogP contribution in [0, 0.1) is 12.7 Å². The lowest BCUT2D eigenvalue weighted by atomic mass is 10.0. The van der Waals surface area contributed by atoms with Crippen molar-refractivity contribution >= 4 is 29.1 Å². The standard InChI is InChI=1S/C19H15Cl2FN2O2/c1-11-16(18(24-26-11)17-14(21)6-3-7-15(17)22)19(25)23-9-8-12-4-2-5-13(20)10-12/h2-7,10H,8-9H2,1H3,(H,23,25). The fraction of sp³-hybridized carbons (Fsp3) is 0.158. The van der Waals surface area contributed by atoms with Gasteiger partial charge in [-0.15, -0.1) is 0 Å². The van der Waals surface area contributed by atoms with Gasteiger partial charge in [-0.05, 0) is 43.2 Å². The van der Waals surface area contributed by atoms with Crippen molar-refractivity contribution in [3.05, 3.63) is 75.2 Å². The number of hydrogen-bond donors (Lipinski definition) is 1. The lowest BCUT2D eigenvalue weighted by Gasteiger charge is -2.08. The first-order valence-corrected chi connectivity index (χ1v) is 8.66. The minimum absolute atomic E-state index is 0.0472. The van der Waals surface area contributed by atoms with Crippen LogP contribution in [-0.2, 0) is 6.42 Å². The number of nitrogens with one attached hydrogen (secondary N) is 1. The Hall–Kier alpha value is -2.37. The van der Waals surface area contributed by atoms with Crippen molar-refractivity contribution in [3.63, 3.8) is 0 Å². The van der Waals surface area contributed by atoms with Gasteiger partial charge in [0.05, 0.1) is 10.6 Å². The van der Waals surface area contributed by atoms with Gasteiger partial charge in [-0.1, -0.05) is 46.6 Å².